The first-order chi connectivity index (χ1) is 5.74. The fraction of sp³-hybridized carbons (Fsp3) is 0.750. The van der Waals surface area contributed by atoms with E-state index in [2.05, 4.69) is 9.73 Å². The van der Waals surface area contributed by atoms with Gasteiger partial charge >= 0.3 is 6.09 Å². The molecular weight excluding hydrogens is 158 g/mol. The van der Waals surface area contributed by atoms with E-state index in [0.29, 0.717) is 25.5 Å². The lowest BCUT2D eigenvalue weighted by molar-refractivity contribution is 0.162. The third-order valence-corrected chi connectivity index (χ3v) is 1.10. The van der Waals surface area contributed by atoms with E-state index in [0.717, 1.165) is 0 Å². The van der Waals surface area contributed by atoms with Gasteiger partial charge in [0.05, 0.1) is 13.2 Å². The Morgan fingerprint density at radius 2 is 1.75 bits per heavy atom. The summed E-state index contributed by atoms with van der Waals surface area (Å²) in [5.41, 5.74) is 0. The summed E-state index contributed by atoms with van der Waals surface area (Å²) in [6, 6.07) is 0. The maximum absolute atomic E-state index is 10.8. The summed E-state index contributed by atoms with van der Waals surface area (Å²) in [6.07, 6.45) is 0.0231. The molecule has 70 valence electrons. The minimum Gasteiger partial charge on any atom is -0.481 e. The predicted molar refractivity (Wildman–Crippen MR) is 46.4 cm³/mol. The van der Waals surface area contributed by atoms with Crippen molar-refractivity contribution in [3.8, 4) is 0 Å². The molecule has 4 nitrogen and oxygen atoms in total. The van der Waals surface area contributed by atoms with Crippen molar-refractivity contribution in [2.45, 2.75) is 27.2 Å². The largest absolute Gasteiger partial charge is 0.481 e. The van der Waals surface area contributed by atoms with E-state index in [1.165, 1.54) is 0 Å². The monoisotopic (exact) mass is 173 g/mol. The molecule has 0 aliphatic heterocycles. The van der Waals surface area contributed by atoms with Crippen LogP contribution in [0.25, 0.3) is 0 Å². The summed E-state index contributed by atoms with van der Waals surface area (Å²) in [5.74, 6) is 0.427. The average Bonchev–Trinajstić information content (AvgIpc) is 2.04. The van der Waals surface area contributed by atoms with Gasteiger partial charge in [0.2, 0.25) is 0 Å². The molecule has 0 radical (unpaired) electrons. The maximum atomic E-state index is 10.8. The lowest BCUT2D eigenvalue weighted by Gasteiger charge is -2.03. The molecule has 0 aromatic rings. The molecule has 0 bridgehead atoms. The topological polar surface area (TPSA) is 47.9 Å². The van der Waals surface area contributed by atoms with Crippen LogP contribution in [0, 0.1) is 0 Å². The fourth-order valence-corrected chi connectivity index (χ4v) is 0.638. The van der Waals surface area contributed by atoms with Gasteiger partial charge in [-0.15, -0.1) is 4.99 Å². The van der Waals surface area contributed by atoms with Crippen LogP contribution >= 0.6 is 0 Å². The van der Waals surface area contributed by atoms with Crippen molar-refractivity contribution in [3.63, 3.8) is 0 Å². The number of carbonyl (C=O) groups is 1. The highest BCUT2D eigenvalue weighted by molar-refractivity contribution is 5.87. The SMILES string of the molecule is CCOC(=O)N=C(CC)OCC. The molecule has 1 amide bonds. The van der Waals surface area contributed by atoms with E-state index in [1.54, 1.807) is 6.92 Å². The zero-order chi connectivity index (χ0) is 9.40. The Kier molecular flexibility index (Phi) is 6.05. The molecule has 0 N–H and O–H groups in total. The highest BCUT2D eigenvalue weighted by Gasteiger charge is 2.01. The number of hydrogen-bond acceptors (Lipinski definition) is 3. The predicted octanol–water partition coefficient (Wildman–Crippen LogP) is 1.99. The van der Waals surface area contributed by atoms with Gasteiger partial charge in [0.25, 0.3) is 0 Å². The third-order valence-electron chi connectivity index (χ3n) is 1.10. The normalized spacial score (nSPS) is 11.1. The zero-order valence-electron chi connectivity index (χ0n) is 7.79. The molecule has 0 rings (SSSR count). The van der Waals surface area contributed by atoms with Crippen LogP contribution in [0.2, 0.25) is 0 Å². The van der Waals surface area contributed by atoms with Crippen molar-refractivity contribution in [3.05, 3.63) is 0 Å². The van der Waals surface area contributed by atoms with Gasteiger partial charge < -0.3 is 9.47 Å². The van der Waals surface area contributed by atoms with Crippen LogP contribution in [-0.2, 0) is 9.47 Å². The van der Waals surface area contributed by atoms with E-state index in [4.69, 9.17) is 4.74 Å². The Morgan fingerprint density at radius 1 is 1.17 bits per heavy atom. The van der Waals surface area contributed by atoms with Crippen molar-refractivity contribution in [2.24, 2.45) is 4.99 Å². The van der Waals surface area contributed by atoms with E-state index in [-0.39, 0.29) is 0 Å². The average molecular weight is 173 g/mol. The number of carbonyl (C=O) groups excluding carboxylic acids is 1. The highest BCUT2D eigenvalue weighted by Crippen LogP contribution is 1.92. The molecule has 0 heterocycles. The maximum Gasteiger partial charge on any atom is 0.436 e. The van der Waals surface area contributed by atoms with E-state index < -0.39 is 6.09 Å². The van der Waals surface area contributed by atoms with E-state index in [9.17, 15) is 4.79 Å². The minimum atomic E-state index is -0.581. The summed E-state index contributed by atoms with van der Waals surface area (Å²) in [7, 11) is 0. The molecular formula is C8H15NO3. The Bertz CT molecular complexity index is 166. The number of rotatable bonds is 3. The minimum absolute atomic E-state index is 0.339. The van der Waals surface area contributed by atoms with E-state index in [1.807, 2.05) is 13.8 Å². The summed E-state index contributed by atoms with van der Waals surface area (Å²) in [5, 5.41) is 0. The molecule has 12 heavy (non-hydrogen) atoms. The van der Waals surface area contributed by atoms with Gasteiger partial charge in [0.1, 0.15) is 0 Å². The second-order valence-corrected chi connectivity index (χ2v) is 1.99. The molecule has 0 unspecified atom stereocenters. The van der Waals surface area contributed by atoms with Crippen molar-refractivity contribution in [2.75, 3.05) is 13.2 Å². The molecule has 0 saturated carbocycles. The van der Waals surface area contributed by atoms with Crippen molar-refractivity contribution >= 4 is 12.0 Å². The van der Waals surface area contributed by atoms with Gasteiger partial charge in [-0.3, -0.25) is 0 Å². The Morgan fingerprint density at radius 3 is 2.17 bits per heavy atom. The molecule has 0 saturated heterocycles. The molecule has 0 aliphatic rings. The molecule has 4 heteroatoms. The van der Waals surface area contributed by atoms with Gasteiger partial charge in [-0.25, -0.2) is 4.79 Å². The van der Waals surface area contributed by atoms with Crippen molar-refractivity contribution in [1.29, 1.82) is 0 Å². The number of amides is 1. The fourth-order valence-electron chi connectivity index (χ4n) is 0.638. The second kappa shape index (κ2) is 6.64. The first-order valence-electron chi connectivity index (χ1n) is 4.11. The lowest BCUT2D eigenvalue weighted by atomic mass is 10.5. The van der Waals surface area contributed by atoms with Crippen molar-refractivity contribution < 1.29 is 14.3 Å². The van der Waals surface area contributed by atoms with Crippen LogP contribution in [0.3, 0.4) is 0 Å². The van der Waals surface area contributed by atoms with Crippen LogP contribution in [0.5, 0.6) is 0 Å². The van der Waals surface area contributed by atoms with Crippen LogP contribution in [0.1, 0.15) is 27.2 Å². The van der Waals surface area contributed by atoms with Crippen LogP contribution in [0.4, 0.5) is 4.79 Å². The molecule has 0 atom stereocenters. The smallest absolute Gasteiger partial charge is 0.436 e. The van der Waals surface area contributed by atoms with E-state index >= 15 is 0 Å². The number of hydrogen-bond donors (Lipinski definition) is 0. The Labute approximate surface area is 72.6 Å². The molecule has 0 aliphatic carbocycles. The molecule has 0 aromatic carbocycles. The van der Waals surface area contributed by atoms with Gasteiger partial charge in [-0.1, -0.05) is 6.92 Å². The van der Waals surface area contributed by atoms with Gasteiger partial charge in [-0.05, 0) is 13.8 Å². The third kappa shape index (κ3) is 4.71. The lowest BCUT2D eigenvalue weighted by Crippen LogP contribution is -2.08. The van der Waals surface area contributed by atoms with Gasteiger partial charge in [0, 0.05) is 6.42 Å². The number of nitrogens with zero attached hydrogens (tertiary/aromatic N) is 1. The van der Waals surface area contributed by atoms with Crippen LogP contribution in [-0.4, -0.2) is 25.2 Å². The summed E-state index contributed by atoms with van der Waals surface area (Å²) < 4.78 is 9.67. The summed E-state index contributed by atoms with van der Waals surface area (Å²) in [6.45, 7) is 6.31. The second-order valence-electron chi connectivity index (χ2n) is 1.99. The molecule has 0 spiro atoms. The summed E-state index contributed by atoms with van der Waals surface area (Å²) in [4.78, 5) is 14.4. The van der Waals surface area contributed by atoms with Crippen LogP contribution in [0.15, 0.2) is 4.99 Å². The standard InChI is InChI=1S/C8H15NO3/c1-4-7(11-5-2)9-8(10)12-6-3/h4-6H2,1-3H3. The molecule has 0 aromatic heterocycles. The zero-order valence-corrected chi connectivity index (χ0v) is 7.79. The summed E-state index contributed by atoms with van der Waals surface area (Å²) >= 11 is 0. The number of aliphatic imine (C=N–C) groups is 1. The van der Waals surface area contributed by atoms with Crippen LogP contribution < -0.4 is 0 Å². The number of ether oxygens (including phenoxy) is 2. The Balaban J connectivity index is 3.98. The van der Waals surface area contributed by atoms with Gasteiger partial charge in [-0.2, -0.15) is 0 Å². The first kappa shape index (κ1) is 10.9. The quantitative estimate of drug-likeness (QED) is 0.484. The Hall–Kier alpha value is -1.06. The van der Waals surface area contributed by atoms with Gasteiger partial charge in [0.15, 0.2) is 5.90 Å². The first-order valence-corrected chi connectivity index (χ1v) is 4.11. The van der Waals surface area contributed by atoms with Crippen molar-refractivity contribution in [1.82, 2.24) is 0 Å². The molecule has 0 fully saturated rings. The highest BCUT2D eigenvalue weighted by atomic mass is 16.6.